The first-order valence-corrected chi connectivity index (χ1v) is 12.3. The first-order chi connectivity index (χ1) is 15.8. The number of nitrogens with one attached hydrogen (secondary N) is 1. The smallest absolute Gasteiger partial charge is 0.255 e. The molecule has 1 saturated heterocycles. The number of phenols is 1. The van der Waals surface area contributed by atoms with Crippen LogP contribution in [0.3, 0.4) is 0 Å². The van der Waals surface area contributed by atoms with Crippen LogP contribution >= 0.6 is 11.6 Å². The number of anilines is 1. The molecule has 0 aliphatic carbocycles. The Morgan fingerprint density at radius 3 is 2.39 bits per heavy atom. The van der Waals surface area contributed by atoms with Crippen molar-refractivity contribution in [2.24, 2.45) is 0 Å². The summed E-state index contributed by atoms with van der Waals surface area (Å²) in [6, 6.07) is 20.3. The van der Waals surface area contributed by atoms with E-state index in [2.05, 4.69) is 22.3 Å². The summed E-state index contributed by atoms with van der Waals surface area (Å²) >= 11 is 5.92. The number of phenolic OH excluding ortho intramolecular Hbond substituents is 1. The van der Waals surface area contributed by atoms with E-state index in [0.717, 1.165) is 6.54 Å². The number of hydrogen-bond donors (Lipinski definition) is 2. The molecule has 0 bridgehead atoms. The molecule has 3 aromatic rings. The molecule has 1 aliphatic rings. The molecular formula is C24H24ClN3O4S. The summed E-state index contributed by atoms with van der Waals surface area (Å²) in [7, 11) is -3.75. The first-order valence-electron chi connectivity index (χ1n) is 10.5. The van der Waals surface area contributed by atoms with Crippen molar-refractivity contribution in [3.05, 3.63) is 88.9 Å². The van der Waals surface area contributed by atoms with Gasteiger partial charge in [-0.1, -0.05) is 48.0 Å². The third-order valence-corrected chi connectivity index (χ3v) is 7.65. The Balaban J connectivity index is 1.44. The Hall–Kier alpha value is -2.91. The topological polar surface area (TPSA) is 89.9 Å². The van der Waals surface area contributed by atoms with E-state index in [4.69, 9.17) is 11.6 Å². The van der Waals surface area contributed by atoms with E-state index >= 15 is 0 Å². The van der Waals surface area contributed by atoms with Gasteiger partial charge in [-0.05, 0) is 42.0 Å². The van der Waals surface area contributed by atoms with Crippen LogP contribution in [0.4, 0.5) is 5.69 Å². The summed E-state index contributed by atoms with van der Waals surface area (Å²) in [5.41, 5.74) is 1.51. The van der Waals surface area contributed by atoms with Crippen molar-refractivity contribution in [1.82, 2.24) is 9.21 Å². The minimum Gasteiger partial charge on any atom is -0.506 e. The van der Waals surface area contributed by atoms with Gasteiger partial charge < -0.3 is 10.4 Å². The Morgan fingerprint density at radius 2 is 1.67 bits per heavy atom. The average molecular weight is 486 g/mol. The lowest BCUT2D eigenvalue weighted by molar-refractivity contribution is 0.102. The fourth-order valence-electron chi connectivity index (χ4n) is 3.72. The van der Waals surface area contributed by atoms with Gasteiger partial charge in [-0.15, -0.1) is 0 Å². The van der Waals surface area contributed by atoms with Crippen molar-refractivity contribution in [1.29, 1.82) is 0 Å². The molecule has 1 aliphatic heterocycles. The highest BCUT2D eigenvalue weighted by atomic mass is 35.5. The van der Waals surface area contributed by atoms with Gasteiger partial charge in [0.1, 0.15) is 5.75 Å². The molecule has 4 rings (SSSR count). The van der Waals surface area contributed by atoms with E-state index in [-0.39, 0.29) is 21.9 Å². The lowest BCUT2D eigenvalue weighted by atomic mass is 10.2. The van der Waals surface area contributed by atoms with Crippen LogP contribution in [0.1, 0.15) is 15.9 Å². The van der Waals surface area contributed by atoms with Crippen molar-refractivity contribution in [3.8, 4) is 5.75 Å². The quantitative estimate of drug-likeness (QED) is 0.518. The number of rotatable bonds is 6. The summed E-state index contributed by atoms with van der Waals surface area (Å²) in [6.45, 7) is 2.79. The normalized spacial score (nSPS) is 15.3. The van der Waals surface area contributed by atoms with E-state index in [1.807, 2.05) is 18.2 Å². The zero-order valence-corrected chi connectivity index (χ0v) is 19.4. The molecular weight excluding hydrogens is 462 g/mol. The maximum Gasteiger partial charge on any atom is 0.255 e. The van der Waals surface area contributed by atoms with Crippen molar-refractivity contribution < 1.29 is 18.3 Å². The van der Waals surface area contributed by atoms with Crippen molar-refractivity contribution in [2.45, 2.75) is 11.4 Å². The number of benzene rings is 3. The number of carbonyl (C=O) groups is 1. The molecule has 7 nitrogen and oxygen atoms in total. The summed E-state index contributed by atoms with van der Waals surface area (Å²) in [4.78, 5) is 15.0. The molecule has 33 heavy (non-hydrogen) atoms. The molecule has 1 amide bonds. The SMILES string of the molecule is O=C(Nc1cc(Cl)ccc1O)c1cccc(S(=O)(=O)N2CCN(Cc3ccccc3)CC2)c1. The van der Waals surface area contributed by atoms with E-state index in [9.17, 15) is 18.3 Å². The minimum atomic E-state index is -3.75. The number of hydrogen-bond acceptors (Lipinski definition) is 5. The molecule has 172 valence electrons. The Labute approximate surface area is 198 Å². The molecule has 1 fully saturated rings. The van der Waals surface area contributed by atoms with Crippen LogP contribution in [0.25, 0.3) is 0 Å². The zero-order chi connectivity index (χ0) is 23.4. The summed E-state index contributed by atoms with van der Waals surface area (Å²) in [5.74, 6) is -0.679. The largest absolute Gasteiger partial charge is 0.506 e. The van der Waals surface area contributed by atoms with E-state index < -0.39 is 15.9 Å². The molecule has 1 heterocycles. The van der Waals surface area contributed by atoms with Gasteiger partial charge in [-0.3, -0.25) is 9.69 Å². The molecule has 0 unspecified atom stereocenters. The predicted octanol–water partition coefficient (Wildman–Crippen LogP) is 3.80. The van der Waals surface area contributed by atoms with E-state index in [0.29, 0.717) is 31.2 Å². The standard InChI is InChI=1S/C24H24ClN3O4S/c25-20-9-10-23(29)22(16-20)26-24(30)19-7-4-8-21(15-19)33(31,32)28-13-11-27(12-14-28)17-18-5-2-1-3-6-18/h1-10,15-16,29H,11-14,17H2,(H,26,30). The monoisotopic (exact) mass is 485 g/mol. The maximum atomic E-state index is 13.2. The molecule has 3 aromatic carbocycles. The van der Waals surface area contributed by atoms with Crippen LogP contribution in [0.2, 0.25) is 5.02 Å². The Morgan fingerprint density at radius 1 is 0.939 bits per heavy atom. The van der Waals surface area contributed by atoms with Gasteiger partial charge in [0.05, 0.1) is 10.6 Å². The number of piperazine rings is 1. The van der Waals surface area contributed by atoms with Crippen LogP contribution in [-0.4, -0.2) is 54.8 Å². The second kappa shape index (κ2) is 9.93. The third-order valence-electron chi connectivity index (χ3n) is 5.52. The number of halogens is 1. The molecule has 0 radical (unpaired) electrons. The molecule has 0 atom stereocenters. The lowest BCUT2D eigenvalue weighted by Crippen LogP contribution is -2.48. The summed E-state index contributed by atoms with van der Waals surface area (Å²) in [6.07, 6.45) is 0. The number of sulfonamides is 1. The third kappa shape index (κ3) is 5.54. The Kier molecular flexibility index (Phi) is 6.99. The van der Waals surface area contributed by atoms with Crippen LogP contribution in [0.15, 0.2) is 77.7 Å². The lowest BCUT2D eigenvalue weighted by Gasteiger charge is -2.34. The van der Waals surface area contributed by atoms with Crippen LogP contribution in [-0.2, 0) is 16.6 Å². The number of amides is 1. The van der Waals surface area contributed by atoms with Gasteiger partial charge in [-0.25, -0.2) is 8.42 Å². The molecule has 0 aromatic heterocycles. The number of nitrogens with zero attached hydrogens (tertiary/aromatic N) is 2. The first kappa shape index (κ1) is 23.3. The second-order valence-electron chi connectivity index (χ2n) is 7.81. The Bertz CT molecular complexity index is 1240. The fourth-order valence-corrected chi connectivity index (χ4v) is 5.36. The van der Waals surface area contributed by atoms with Gasteiger partial charge in [0.15, 0.2) is 0 Å². The highest BCUT2D eigenvalue weighted by molar-refractivity contribution is 7.89. The molecule has 2 N–H and O–H groups in total. The van der Waals surface area contributed by atoms with Crippen LogP contribution in [0.5, 0.6) is 5.75 Å². The second-order valence-corrected chi connectivity index (χ2v) is 10.2. The van der Waals surface area contributed by atoms with Gasteiger partial charge in [0, 0.05) is 43.3 Å². The molecule has 0 saturated carbocycles. The van der Waals surface area contributed by atoms with Crippen LogP contribution < -0.4 is 5.32 Å². The number of carbonyl (C=O) groups excluding carboxylic acids is 1. The van der Waals surface area contributed by atoms with Gasteiger partial charge in [0.2, 0.25) is 10.0 Å². The molecule has 9 heteroatoms. The predicted molar refractivity (Wildman–Crippen MR) is 128 cm³/mol. The summed E-state index contributed by atoms with van der Waals surface area (Å²) in [5, 5.41) is 12.8. The highest BCUT2D eigenvalue weighted by Gasteiger charge is 2.29. The van der Waals surface area contributed by atoms with E-state index in [1.54, 1.807) is 0 Å². The highest BCUT2D eigenvalue weighted by Crippen LogP contribution is 2.27. The fraction of sp³-hybridized carbons (Fsp3) is 0.208. The van der Waals surface area contributed by atoms with Crippen molar-refractivity contribution in [3.63, 3.8) is 0 Å². The average Bonchev–Trinajstić information content (AvgIpc) is 2.82. The molecule has 0 spiro atoms. The number of aromatic hydroxyl groups is 1. The van der Waals surface area contributed by atoms with Crippen LogP contribution in [0, 0.1) is 0 Å². The van der Waals surface area contributed by atoms with E-state index in [1.165, 1.54) is 52.3 Å². The van der Waals surface area contributed by atoms with Gasteiger partial charge in [-0.2, -0.15) is 4.31 Å². The maximum absolute atomic E-state index is 13.2. The zero-order valence-electron chi connectivity index (χ0n) is 17.8. The van der Waals surface area contributed by atoms with Gasteiger partial charge >= 0.3 is 0 Å². The van der Waals surface area contributed by atoms with Gasteiger partial charge in [0.25, 0.3) is 5.91 Å². The summed E-state index contributed by atoms with van der Waals surface area (Å²) < 4.78 is 27.9. The van der Waals surface area contributed by atoms with Crippen molar-refractivity contribution in [2.75, 3.05) is 31.5 Å². The minimum absolute atomic E-state index is 0.0574. The van der Waals surface area contributed by atoms with Crippen molar-refractivity contribution >= 4 is 33.2 Å².